The van der Waals surface area contributed by atoms with Crippen LogP contribution in [0.1, 0.15) is 60.8 Å². The third-order valence-corrected chi connectivity index (χ3v) is 6.10. The standard InChI is InChI=1S/C31H32FN3O4/c1-17-12-21(18(2)35-25-9-7-8-23(32)28(25)30(37)39-31(3,4)5)29-22(13-17)26(36)15-27(38-29)19-10-11-24(33)20(14-19)16-34-6/h7-16,18,35H,33H2,1-6H3. The first-order valence-electron chi connectivity index (χ1n) is 12.6. The fraction of sp³-hybridized carbons (Fsp3) is 0.258. The van der Waals surface area contributed by atoms with Crippen LogP contribution in [0.25, 0.3) is 22.3 Å². The smallest absolute Gasteiger partial charge is 0.343 e. The lowest BCUT2D eigenvalue weighted by Crippen LogP contribution is -2.25. The summed E-state index contributed by atoms with van der Waals surface area (Å²) < 4.78 is 26.6. The molecule has 0 saturated heterocycles. The van der Waals surface area contributed by atoms with E-state index >= 15 is 0 Å². The molecule has 7 nitrogen and oxygen atoms in total. The summed E-state index contributed by atoms with van der Waals surface area (Å²) >= 11 is 0. The topological polar surface area (TPSA) is 107 Å². The zero-order valence-electron chi connectivity index (χ0n) is 22.9. The van der Waals surface area contributed by atoms with E-state index in [2.05, 4.69) is 10.3 Å². The first kappa shape index (κ1) is 27.6. The molecule has 1 heterocycles. The molecule has 0 aliphatic rings. The van der Waals surface area contributed by atoms with Gasteiger partial charge in [-0.15, -0.1) is 0 Å². The number of nitrogens with one attached hydrogen (secondary N) is 1. The van der Waals surface area contributed by atoms with Gasteiger partial charge in [-0.25, -0.2) is 9.18 Å². The Hall–Kier alpha value is -4.46. The number of esters is 1. The van der Waals surface area contributed by atoms with E-state index in [-0.39, 0.29) is 16.7 Å². The van der Waals surface area contributed by atoms with Crippen LogP contribution in [0.4, 0.5) is 15.8 Å². The molecule has 0 fully saturated rings. The van der Waals surface area contributed by atoms with Crippen molar-refractivity contribution in [2.24, 2.45) is 4.99 Å². The average Bonchev–Trinajstić information content (AvgIpc) is 2.84. The second kappa shape index (κ2) is 10.7. The minimum atomic E-state index is -0.792. The van der Waals surface area contributed by atoms with Gasteiger partial charge in [-0.1, -0.05) is 12.1 Å². The molecule has 3 N–H and O–H groups in total. The van der Waals surface area contributed by atoms with Gasteiger partial charge in [0.1, 0.15) is 28.3 Å². The number of benzene rings is 3. The maximum atomic E-state index is 14.8. The molecular formula is C31H32FN3O4. The van der Waals surface area contributed by atoms with E-state index in [1.54, 1.807) is 58.3 Å². The van der Waals surface area contributed by atoms with Crippen molar-refractivity contribution in [1.29, 1.82) is 0 Å². The van der Waals surface area contributed by atoms with Crippen LogP contribution in [0.15, 0.2) is 68.8 Å². The number of anilines is 2. The lowest BCUT2D eigenvalue weighted by Gasteiger charge is -2.23. The highest BCUT2D eigenvalue weighted by Gasteiger charge is 2.25. The monoisotopic (exact) mass is 529 g/mol. The normalized spacial score (nSPS) is 12.6. The van der Waals surface area contributed by atoms with Crippen molar-refractivity contribution in [2.75, 3.05) is 18.1 Å². The summed E-state index contributed by atoms with van der Waals surface area (Å²) in [5.41, 5.74) is 8.99. The second-order valence-corrected chi connectivity index (χ2v) is 10.5. The van der Waals surface area contributed by atoms with Gasteiger partial charge in [0.25, 0.3) is 0 Å². The number of rotatable bonds is 6. The van der Waals surface area contributed by atoms with Crippen LogP contribution >= 0.6 is 0 Å². The minimum absolute atomic E-state index is 0.189. The number of ether oxygens (including phenoxy) is 1. The number of carbonyl (C=O) groups excluding carboxylic acids is 1. The number of carbonyl (C=O) groups is 1. The van der Waals surface area contributed by atoms with E-state index in [1.807, 2.05) is 26.0 Å². The van der Waals surface area contributed by atoms with E-state index in [0.717, 1.165) is 5.56 Å². The Morgan fingerprint density at radius 3 is 2.59 bits per heavy atom. The van der Waals surface area contributed by atoms with Gasteiger partial charge >= 0.3 is 5.97 Å². The van der Waals surface area contributed by atoms with Gasteiger partial charge in [-0.2, -0.15) is 0 Å². The molecule has 4 rings (SSSR count). The number of fused-ring (bicyclic) bond motifs is 1. The van der Waals surface area contributed by atoms with E-state index in [4.69, 9.17) is 14.9 Å². The van der Waals surface area contributed by atoms with E-state index < -0.39 is 23.4 Å². The van der Waals surface area contributed by atoms with Crippen LogP contribution in [-0.2, 0) is 4.74 Å². The predicted molar refractivity (Wildman–Crippen MR) is 154 cm³/mol. The summed E-state index contributed by atoms with van der Waals surface area (Å²) in [5, 5.41) is 3.65. The molecule has 3 aromatic carbocycles. The quantitative estimate of drug-likeness (QED) is 0.164. The Morgan fingerprint density at radius 2 is 1.90 bits per heavy atom. The molecular weight excluding hydrogens is 497 g/mol. The molecule has 0 spiro atoms. The molecule has 8 heteroatoms. The number of nitrogen functional groups attached to an aromatic ring is 1. The van der Waals surface area contributed by atoms with Crippen molar-refractivity contribution in [2.45, 2.75) is 46.3 Å². The van der Waals surface area contributed by atoms with Crippen molar-refractivity contribution >= 4 is 34.5 Å². The number of aliphatic imine (C=N–C) groups is 1. The molecule has 1 unspecified atom stereocenters. The van der Waals surface area contributed by atoms with Gasteiger partial charge in [0.05, 0.1) is 17.1 Å². The van der Waals surface area contributed by atoms with Crippen molar-refractivity contribution in [3.05, 3.63) is 92.9 Å². The first-order valence-corrected chi connectivity index (χ1v) is 12.6. The molecule has 0 radical (unpaired) electrons. The largest absolute Gasteiger partial charge is 0.456 e. The molecule has 0 saturated carbocycles. The number of aryl methyl sites for hydroxylation is 1. The average molecular weight is 530 g/mol. The molecule has 0 aliphatic carbocycles. The number of nitrogens with zero attached hydrogens (tertiary/aromatic N) is 1. The maximum absolute atomic E-state index is 14.8. The molecule has 1 aromatic heterocycles. The minimum Gasteiger partial charge on any atom is -0.456 e. The van der Waals surface area contributed by atoms with Crippen molar-refractivity contribution in [3.8, 4) is 11.3 Å². The fourth-order valence-electron chi connectivity index (χ4n) is 4.37. The number of hydrogen-bond acceptors (Lipinski definition) is 7. The van der Waals surface area contributed by atoms with Crippen LogP contribution in [0.5, 0.6) is 0 Å². The SMILES string of the molecule is CN=Cc1cc(-c2cc(=O)c3cc(C)cc(C(C)Nc4cccc(F)c4C(=O)OC(C)(C)C)c3o2)ccc1N. The van der Waals surface area contributed by atoms with Crippen molar-refractivity contribution < 1.29 is 18.3 Å². The molecule has 0 amide bonds. The Labute approximate surface area is 226 Å². The van der Waals surface area contributed by atoms with Crippen LogP contribution < -0.4 is 16.5 Å². The summed E-state index contributed by atoms with van der Waals surface area (Å²) in [6, 6.07) is 14.3. The fourth-order valence-corrected chi connectivity index (χ4v) is 4.37. The van der Waals surface area contributed by atoms with Crippen LogP contribution in [0, 0.1) is 12.7 Å². The zero-order chi connectivity index (χ0) is 28.5. The van der Waals surface area contributed by atoms with Gasteiger partial charge in [0.2, 0.25) is 0 Å². The lowest BCUT2D eigenvalue weighted by molar-refractivity contribution is 0.00659. The highest BCUT2D eigenvalue weighted by molar-refractivity contribution is 5.96. The summed E-state index contributed by atoms with van der Waals surface area (Å²) in [4.78, 5) is 30.1. The Morgan fingerprint density at radius 1 is 1.15 bits per heavy atom. The van der Waals surface area contributed by atoms with Crippen LogP contribution in [0.2, 0.25) is 0 Å². The Kier molecular flexibility index (Phi) is 7.58. The summed E-state index contributed by atoms with van der Waals surface area (Å²) in [6.07, 6.45) is 1.64. The van der Waals surface area contributed by atoms with Gasteiger partial charge < -0.3 is 20.2 Å². The van der Waals surface area contributed by atoms with Gasteiger partial charge in [0.15, 0.2) is 5.43 Å². The first-order chi connectivity index (χ1) is 18.4. The lowest BCUT2D eigenvalue weighted by atomic mass is 9.99. The number of nitrogens with two attached hydrogens (primary N) is 1. The summed E-state index contributed by atoms with van der Waals surface area (Å²) in [5.74, 6) is -1.09. The highest BCUT2D eigenvalue weighted by atomic mass is 19.1. The molecule has 4 aromatic rings. The molecule has 39 heavy (non-hydrogen) atoms. The molecule has 1 atom stereocenters. The Bertz CT molecular complexity index is 1650. The van der Waals surface area contributed by atoms with E-state index in [1.165, 1.54) is 18.2 Å². The van der Waals surface area contributed by atoms with Crippen molar-refractivity contribution in [1.82, 2.24) is 0 Å². The summed E-state index contributed by atoms with van der Waals surface area (Å²) in [7, 11) is 1.65. The molecule has 0 aliphatic heterocycles. The zero-order valence-corrected chi connectivity index (χ0v) is 22.9. The van der Waals surface area contributed by atoms with Gasteiger partial charge in [-0.05, 0) is 76.6 Å². The van der Waals surface area contributed by atoms with Gasteiger partial charge in [0, 0.05) is 41.7 Å². The predicted octanol–water partition coefficient (Wildman–Crippen LogP) is 6.67. The maximum Gasteiger partial charge on any atom is 0.343 e. The van der Waals surface area contributed by atoms with Gasteiger partial charge in [-0.3, -0.25) is 9.79 Å². The van der Waals surface area contributed by atoms with Crippen LogP contribution in [-0.4, -0.2) is 24.8 Å². The van der Waals surface area contributed by atoms with Crippen molar-refractivity contribution in [3.63, 3.8) is 0 Å². The van der Waals surface area contributed by atoms with E-state index in [0.29, 0.717) is 39.1 Å². The Balaban J connectivity index is 1.81. The number of halogens is 1. The summed E-state index contributed by atoms with van der Waals surface area (Å²) in [6.45, 7) is 8.90. The van der Waals surface area contributed by atoms with Crippen LogP contribution in [0.3, 0.4) is 0 Å². The molecule has 202 valence electrons. The third kappa shape index (κ3) is 6.00. The second-order valence-electron chi connectivity index (χ2n) is 10.5. The number of hydrogen-bond donors (Lipinski definition) is 2. The third-order valence-electron chi connectivity index (χ3n) is 6.10. The molecule has 0 bridgehead atoms. The van der Waals surface area contributed by atoms with E-state index in [9.17, 15) is 14.0 Å². The highest BCUT2D eigenvalue weighted by Crippen LogP contribution is 2.33.